The molecule has 0 aromatic heterocycles. The molecule has 0 aromatic carbocycles. The number of nitrogens with two attached hydrogens (primary N) is 1. The van der Waals surface area contributed by atoms with E-state index in [2.05, 4.69) is 5.32 Å². The van der Waals surface area contributed by atoms with E-state index in [1.807, 2.05) is 20.8 Å². The summed E-state index contributed by atoms with van der Waals surface area (Å²) >= 11 is 0. The van der Waals surface area contributed by atoms with Gasteiger partial charge in [-0.3, -0.25) is 0 Å². The first-order valence-corrected chi connectivity index (χ1v) is 5.12. The highest BCUT2D eigenvalue weighted by molar-refractivity contribution is 5.85. The Balaban J connectivity index is 0.00000196. The second kappa shape index (κ2) is 5.56. The van der Waals surface area contributed by atoms with Crippen molar-refractivity contribution < 1.29 is 9.53 Å². The van der Waals surface area contributed by atoms with Gasteiger partial charge >= 0.3 is 6.09 Å². The largest absolute Gasteiger partial charge is 0.444 e. The van der Waals surface area contributed by atoms with Crippen LogP contribution in [0.4, 0.5) is 4.79 Å². The Morgan fingerprint density at radius 3 is 2.40 bits per heavy atom. The zero-order valence-corrected chi connectivity index (χ0v) is 10.4. The number of halogens is 1. The van der Waals surface area contributed by atoms with Crippen molar-refractivity contribution in [1.82, 2.24) is 5.32 Å². The highest BCUT2D eigenvalue weighted by Crippen LogP contribution is 2.17. The maximum atomic E-state index is 11.3. The molecule has 90 valence electrons. The molecule has 0 heterocycles. The standard InChI is InChI=1S/C10H20N2O2.ClH/c1-10(2,3)14-9(13)12-8-5-4-7(11)6-8;/h7-8H,4-6,11H2,1-3H3,(H,12,13);1H/t7-,8-;/m1./s1. The third-order valence-corrected chi connectivity index (χ3v) is 2.19. The molecule has 1 aliphatic carbocycles. The first-order chi connectivity index (χ1) is 6.37. The van der Waals surface area contributed by atoms with Crippen LogP contribution in [0.15, 0.2) is 0 Å². The fourth-order valence-corrected chi connectivity index (χ4v) is 1.62. The quantitative estimate of drug-likeness (QED) is 0.730. The third kappa shape index (κ3) is 5.85. The zero-order valence-electron chi connectivity index (χ0n) is 9.58. The summed E-state index contributed by atoms with van der Waals surface area (Å²) in [6.07, 6.45) is 2.47. The van der Waals surface area contributed by atoms with Gasteiger partial charge in [-0.25, -0.2) is 4.79 Å². The molecule has 3 N–H and O–H groups in total. The van der Waals surface area contributed by atoms with Crippen LogP contribution < -0.4 is 11.1 Å². The van der Waals surface area contributed by atoms with Gasteiger partial charge in [0.05, 0.1) is 0 Å². The molecule has 0 saturated heterocycles. The summed E-state index contributed by atoms with van der Waals surface area (Å²) in [5.41, 5.74) is 5.31. The first kappa shape index (κ1) is 14.5. The topological polar surface area (TPSA) is 64.3 Å². The summed E-state index contributed by atoms with van der Waals surface area (Å²) in [5.74, 6) is 0. The molecule has 2 atom stereocenters. The average molecular weight is 237 g/mol. The summed E-state index contributed by atoms with van der Waals surface area (Å²) in [6.45, 7) is 5.56. The Bertz CT molecular complexity index is 216. The van der Waals surface area contributed by atoms with Gasteiger partial charge in [-0.05, 0) is 40.0 Å². The summed E-state index contributed by atoms with van der Waals surface area (Å²) in [4.78, 5) is 11.3. The SMILES string of the molecule is CC(C)(C)OC(=O)N[C@@H]1CC[C@@H](N)C1.Cl. The molecule has 4 nitrogen and oxygen atoms in total. The lowest BCUT2D eigenvalue weighted by Gasteiger charge is -2.21. The molecule has 5 heteroatoms. The number of amides is 1. The van der Waals surface area contributed by atoms with Crippen molar-refractivity contribution in [3.05, 3.63) is 0 Å². The first-order valence-electron chi connectivity index (χ1n) is 5.12. The van der Waals surface area contributed by atoms with Gasteiger partial charge in [-0.1, -0.05) is 0 Å². The minimum Gasteiger partial charge on any atom is -0.444 e. The maximum absolute atomic E-state index is 11.3. The number of carbonyl (C=O) groups excluding carboxylic acids is 1. The van der Waals surface area contributed by atoms with Crippen LogP contribution in [0.2, 0.25) is 0 Å². The van der Waals surface area contributed by atoms with Crippen LogP contribution in [-0.4, -0.2) is 23.8 Å². The van der Waals surface area contributed by atoms with Gasteiger partial charge in [-0.2, -0.15) is 0 Å². The highest BCUT2D eigenvalue weighted by Gasteiger charge is 2.25. The summed E-state index contributed by atoms with van der Waals surface area (Å²) in [7, 11) is 0. The van der Waals surface area contributed by atoms with Crippen LogP contribution in [0.1, 0.15) is 40.0 Å². The monoisotopic (exact) mass is 236 g/mol. The van der Waals surface area contributed by atoms with E-state index in [1.54, 1.807) is 0 Å². The van der Waals surface area contributed by atoms with Crippen LogP contribution in [-0.2, 0) is 4.74 Å². The number of carbonyl (C=O) groups is 1. The molecule has 0 radical (unpaired) electrons. The van der Waals surface area contributed by atoms with Crippen molar-refractivity contribution in [2.24, 2.45) is 5.73 Å². The molecule has 0 bridgehead atoms. The number of ether oxygens (including phenoxy) is 1. The van der Waals surface area contributed by atoms with Gasteiger partial charge in [0.25, 0.3) is 0 Å². The summed E-state index contributed by atoms with van der Waals surface area (Å²) in [6, 6.07) is 0.426. The lowest BCUT2D eigenvalue weighted by molar-refractivity contribution is 0.0505. The van der Waals surface area contributed by atoms with Crippen molar-refractivity contribution in [2.45, 2.75) is 57.7 Å². The van der Waals surface area contributed by atoms with E-state index >= 15 is 0 Å². The van der Waals surface area contributed by atoms with E-state index in [0.29, 0.717) is 0 Å². The van der Waals surface area contributed by atoms with Crippen LogP contribution in [0.25, 0.3) is 0 Å². The Kier molecular flexibility index (Phi) is 5.38. The van der Waals surface area contributed by atoms with Crippen molar-refractivity contribution in [2.75, 3.05) is 0 Å². The van der Waals surface area contributed by atoms with E-state index in [1.165, 1.54) is 0 Å². The summed E-state index contributed by atoms with van der Waals surface area (Å²) in [5, 5.41) is 2.82. The smallest absolute Gasteiger partial charge is 0.407 e. The molecule has 0 aliphatic heterocycles. The fraction of sp³-hybridized carbons (Fsp3) is 0.900. The van der Waals surface area contributed by atoms with Crippen molar-refractivity contribution in [3.8, 4) is 0 Å². The summed E-state index contributed by atoms with van der Waals surface area (Å²) < 4.78 is 5.14. The van der Waals surface area contributed by atoms with Crippen molar-refractivity contribution >= 4 is 18.5 Å². The van der Waals surface area contributed by atoms with Gasteiger partial charge in [-0.15, -0.1) is 12.4 Å². The molecule has 15 heavy (non-hydrogen) atoms. The minimum atomic E-state index is -0.426. The van der Waals surface area contributed by atoms with Gasteiger partial charge < -0.3 is 15.8 Å². The van der Waals surface area contributed by atoms with Crippen LogP contribution in [0.5, 0.6) is 0 Å². The molecule has 0 unspecified atom stereocenters. The number of hydrogen-bond donors (Lipinski definition) is 2. The zero-order chi connectivity index (χ0) is 10.8. The van der Waals surface area contributed by atoms with E-state index < -0.39 is 5.60 Å². The molecule has 1 aliphatic rings. The number of rotatable bonds is 1. The molecular weight excluding hydrogens is 216 g/mol. The Morgan fingerprint density at radius 2 is 2.00 bits per heavy atom. The molecule has 1 fully saturated rings. The highest BCUT2D eigenvalue weighted by atomic mass is 35.5. The second-order valence-electron chi connectivity index (χ2n) is 4.92. The van der Waals surface area contributed by atoms with E-state index in [-0.39, 0.29) is 30.6 Å². The lowest BCUT2D eigenvalue weighted by Crippen LogP contribution is -2.38. The fourth-order valence-electron chi connectivity index (χ4n) is 1.62. The predicted octanol–water partition coefficient (Wildman–Crippen LogP) is 1.81. The van der Waals surface area contributed by atoms with Crippen molar-refractivity contribution in [3.63, 3.8) is 0 Å². The number of nitrogens with one attached hydrogen (secondary N) is 1. The molecule has 1 saturated carbocycles. The minimum absolute atomic E-state index is 0. The Labute approximate surface area is 97.3 Å². The normalized spacial score (nSPS) is 25.6. The van der Waals surface area contributed by atoms with Gasteiger partial charge in [0.1, 0.15) is 5.60 Å². The molecule has 1 amide bonds. The van der Waals surface area contributed by atoms with Crippen LogP contribution >= 0.6 is 12.4 Å². The Hall–Kier alpha value is -0.480. The van der Waals surface area contributed by atoms with Crippen LogP contribution in [0.3, 0.4) is 0 Å². The number of hydrogen-bond acceptors (Lipinski definition) is 3. The predicted molar refractivity (Wildman–Crippen MR) is 62.2 cm³/mol. The second-order valence-corrected chi connectivity index (χ2v) is 4.92. The number of alkyl carbamates (subject to hydrolysis) is 1. The average Bonchev–Trinajstić information content (AvgIpc) is 2.30. The molecule has 0 aromatic rings. The third-order valence-electron chi connectivity index (χ3n) is 2.19. The molecule has 0 spiro atoms. The van der Waals surface area contributed by atoms with Crippen molar-refractivity contribution in [1.29, 1.82) is 0 Å². The molecular formula is C10H21ClN2O2. The maximum Gasteiger partial charge on any atom is 0.407 e. The van der Waals surface area contributed by atoms with Gasteiger partial charge in [0, 0.05) is 12.1 Å². The van der Waals surface area contributed by atoms with E-state index in [0.717, 1.165) is 19.3 Å². The lowest BCUT2D eigenvalue weighted by atomic mass is 10.2. The van der Waals surface area contributed by atoms with Gasteiger partial charge in [0.2, 0.25) is 0 Å². The van der Waals surface area contributed by atoms with Crippen LogP contribution in [0, 0.1) is 0 Å². The van der Waals surface area contributed by atoms with E-state index in [9.17, 15) is 4.79 Å². The van der Waals surface area contributed by atoms with E-state index in [4.69, 9.17) is 10.5 Å². The molecule has 1 rings (SSSR count). The Morgan fingerprint density at radius 1 is 1.40 bits per heavy atom. The van der Waals surface area contributed by atoms with Gasteiger partial charge in [0.15, 0.2) is 0 Å².